The highest BCUT2D eigenvalue weighted by Gasteiger charge is 2.51. The molecule has 0 spiro atoms. The third-order valence-electron chi connectivity index (χ3n) is 6.11. The zero-order valence-electron chi connectivity index (χ0n) is 16.2. The van der Waals surface area contributed by atoms with Crippen molar-refractivity contribution in [1.82, 2.24) is 14.1 Å². The molecular formula is C19H25N3O4S2. The molecule has 0 N–H and O–H groups in total. The van der Waals surface area contributed by atoms with Gasteiger partial charge in [-0.15, -0.1) is 0 Å². The van der Waals surface area contributed by atoms with Crippen molar-refractivity contribution < 1.29 is 16.8 Å². The summed E-state index contributed by atoms with van der Waals surface area (Å²) < 4.78 is 56.2. The Bertz CT molecular complexity index is 1090. The second-order valence-electron chi connectivity index (χ2n) is 7.79. The van der Waals surface area contributed by atoms with Crippen LogP contribution in [0.3, 0.4) is 0 Å². The van der Waals surface area contributed by atoms with Gasteiger partial charge in [0.1, 0.15) is 4.90 Å². The number of rotatable bonds is 4. The van der Waals surface area contributed by atoms with Crippen molar-refractivity contribution in [3.05, 3.63) is 41.7 Å². The van der Waals surface area contributed by atoms with Gasteiger partial charge >= 0.3 is 0 Å². The molecule has 9 heteroatoms. The molecule has 2 bridgehead atoms. The zero-order valence-corrected chi connectivity index (χ0v) is 17.9. The molecule has 2 atom stereocenters. The molecule has 0 amide bonds. The molecule has 4 rings (SSSR count). The van der Waals surface area contributed by atoms with E-state index in [0.29, 0.717) is 42.0 Å². The summed E-state index contributed by atoms with van der Waals surface area (Å²) in [5.74, 6) is 0. The van der Waals surface area contributed by atoms with Crippen molar-refractivity contribution in [2.24, 2.45) is 7.05 Å². The highest BCUT2D eigenvalue weighted by Crippen LogP contribution is 2.43. The summed E-state index contributed by atoms with van der Waals surface area (Å²) in [4.78, 5) is 0.575. The number of sulfone groups is 1. The van der Waals surface area contributed by atoms with Crippen molar-refractivity contribution in [1.29, 1.82) is 0 Å². The lowest BCUT2D eigenvalue weighted by atomic mass is 10.1. The van der Waals surface area contributed by atoms with Gasteiger partial charge in [0.25, 0.3) is 0 Å². The highest BCUT2D eigenvalue weighted by molar-refractivity contribution is 7.92. The minimum Gasteiger partial charge on any atom is -0.271 e. The van der Waals surface area contributed by atoms with E-state index in [2.05, 4.69) is 5.10 Å². The Balaban J connectivity index is 1.67. The van der Waals surface area contributed by atoms with E-state index in [1.165, 1.54) is 0 Å². The first-order valence-corrected chi connectivity index (χ1v) is 12.5. The van der Waals surface area contributed by atoms with Crippen molar-refractivity contribution in [3.63, 3.8) is 0 Å². The number of benzene rings is 1. The molecule has 152 valence electrons. The lowest BCUT2D eigenvalue weighted by Crippen LogP contribution is -2.49. The molecule has 7 nitrogen and oxygen atoms in total. The van der Waals surface area contributed by atoms with E-state index in [1.54, 1.807) is 60.2 Å². The van der Waals surface area contributed by atoms with Crippen LogP contribution in [-0.4, -0.2) is 48.3 Å². The monoisotopic (exact) mass is 423 g/mol. The van der Waals surface area contributed by atoms with Crippen LogP contribution in [0.5, 0.6) is 0 Å². The van der Waals surface area contributed by atoms with E-state index >= 15 is 0 Å². The molecule has 2 fully saturated rings. The predicted molar refractivity (Wildman–Crippen MR) is 105 cm³/mol. The Morgan fingerprint density at radius 1 is 0.964 bits per heavy atom. The van der Waals surface area contributed by atoms with Gasteiger partial charge in [-0.3, -0.25) is 4.68 Å². The van der Waals surface area contributed by atoms with Gasteiger partial charge in [0.05, 0.1) is 21.5 Å². The standard InChI is InChI=1S/C19H25N3O4S2/c1-13-19(14(2)21(3)20-13)28(25,26)22-15-9-10-16(22)12-18(11-15)27(23,24)17-7-5-4-6-8-17/h4-8,15-16,18H,9-12H2,1-3H3. The second kappa shape index (κ2) is 6.67. The van der Waals surface area contributed by atoms with Crippen molar-refractivity contribution in [2.45, 2.75) is 66.7 Å². The summed E-state index contributed by atoms with van der Waals surface area (Å²) in [6.45, 7) is 3.45. The van der Waals surface area contributed by atoms with Gasteiger partial charge in [-0.25, -0.2) is 16.8 Å². The number of nitrogens with zero attached hydrogens (tertiary/aromatic N) is 3. The number of hydrogen-bond donors (Lipinski definition) is 0. The smallest absolute Gasteiger partial charge is 0.247 e. The number of fused-ring (bicyclic) bond motifs is 2. The van der Waals surface area contributed by atoms with Crippen LogP contribution < -0.4 is 0 Å². The largest absolute Gasteiger partial charge is 0.271 e. The van der Waals surface area contributed by atoms with Gasteiger partial charge in [0, 0.05) is 19.1 Å². The Kier molecular flexibility index (Phi) is 4.67. The lowest BCUT2D eigenvalue weighted by molar-refractivity contribution is 0.248. The van der Waals surface area contributed by atoms with E-state index in [4.69, 9.17) is 0 Å². The first-order chi connectivity index (χ1) is 13.1. The predicted octanol–water partition coefficient (Wildman–Crippen LogP) is 2.19. The summed E-state index contributed by atoms with van der Waals surface area (Å²) in [5.41, 5.74) is 1.09. The molecule has 1 aromatic heterocycles. The third-order valence-corrected chi connectivity index (χ3v) is 10.6. The Hall–Kier alpha value is -1.71. The van der Waals surface area contributed by atoms with E-state index in [1.807, 2.05) is 0 Å². The maximum absolute atomic E-state index is 13.5. The van der Waals surface area contributed by atoms with Gasteiger partial charge in [-0.2, -0.15) is 9.40 Å². The van der Waals surface area contributed by atoms with Crippen LogP contribution in [-0.2, 0) is 26.9 Å². The number of aromatic nitrogens is 2. The summed E-state index contributed by atoms with van der Waals surface area (Å²) >= 11 is 0. The molecule has 28 heavy (non-hydrogen) atoms. The van der Waals surface area contributed by atoms with Crippen molar-refractivity contribution in [2.75, 3.05) is 0 Å². The Morgan fingerprint density at radius 3 is 2.04 bits per heavy atom. The van der Waals surface area contributed by atoms with Crippen LogP contribution in [0.2, 0.25) is 0 Å². The maximum Gasteiger partial charge on any atom is 0.247 e. The van der Waals surface area contributed by atoms with Crippen LogP contribution in [0.4, 0.5) is 0 Å². The SMILES string of the molecule is Cc1nn(C)c(C)c1S(=O)(=O)N1C2CCC1CC(S(=O)(=O)c1ccccc1)C2. The van der Waals surface area contributed by atoms with E-state index in [0.717, 1.165) is 0 Å². The fraction of sp³-hybridized carbons (Fsp3) is 0.526. The molecule has 1 aromatic carbocycles. The molecule has 2 saturated heterocycles. The Morgan fingerprint density at radius 2 is 1.54 bits per heavy atom. The fourth-order valence-corrected chi connectivity index (χ4v) is 8.94. The molecule has 0 aliphatic carbocycles. The third kappa shape index (κ3) is 2.91. The van der Waals surface area contributed by atoms with E-state index in [-0.39, 0.29) is 17.0 Å². The van der Waals surface area contributed by atoms with E-state index in [9.17, 15) is 16.8 Å². The van der Waals surface area contributed by atoms with Crippen LogP contribution >= 0.6 is 0 Å². The maximum atomic E-state index is 13.5. The van der Waals surface area contributed by atoms with Crippen LogP contribution in [0, 0.1) is 13.8 Å². The molecule has 2 aromatic rings. The molecule has 2 unspecified atom stereocenters. The average molecular weight is 424 g/mol. The molecule has 0 saturated carbocycles. The summed E-state index contributed by atoms with van der Waals surface area (Å²) in [5, 5.41) is 3.70. The number of aryl methyl sites for hydroxylation is 2. The van der Waals surface area contributed by atoms with Crippen LogP contribution in [0.25, 0.3) is 0 Å². The first-order valence-electron chi connectivity index (χ1n) is 9.46. The number of hydrogen-bond acceptors (Lipinski definition) is 5. The average Bonchev–Trinajstić information content (AvgIpc) is 3.08. The fourth-order valence-electron chi connectivity index (χ4n) is 4.77. The zero-order chi connectivity index (χ0) is 20.3. The van der Waals surface area contributed by atoms with Gasteiger partial charge in [-0.1, -0.05) is 18.2 Å². The molecule has 2 aliphatic heterocycles. The quantitative estimate of drug-likeness (QED) is 0.752. The van der Waals surface area contributed by atoms with Gasteiger partial charge < -0.3 is 0 Å². The van der Waals surface area contributed by atoms with Crippen molar-refractivity contribution >= 4 is 19.9 Å². The topological polar surface area (TPSA) is 89.3 Å². The highest BCUT2D eigenvalue weighted by atomic mass is 32.2. The van der Waals surface area contributed by atoms with Gasteiger partial charge in [-0.05, 0) is 51.7 Å². The van der Waals surface area contributed by atoms with Crippen LogP contribution in [0.15, 0.2) is 40.1 Å². The summed E-state index contributed by atoms with van der Waals surface area (Å²) in [6, 6.07) is 7.88. The second-order valence-corrected chi connectivity index (χ2v) is 11.8. The Labute approximate surface area is 166 Å². The molecule has 2 aliphatic rings. The molecular weight excluding hydrogens is 398 g/mol. The van der Waals surface area contributed by atoms with E-state index < -0.39 is 25.1 Å². The summed E-state index contributed by atoms with van der Waals surface area (Å²) in [7, 11) is -5.46. The minimum absolute atomic E-state index is 0.260. The lowest BCUT2D eigenvalue weighted by Gasteiger charge is -2.37. The van der Waals surface area contributed by atoms with Gasteiger partial charge in [0.15, 0.2) is 9.84 Å². The molecule has 3 heterocycles. The number of piperidine rings is 1. The van der Waals surface area contributed by atoms with Crippen LogP contribution in [0.1, 0.15) is 37.1 Å². The van der Waals surface area contributed by atoms with Crippen molar-refractivity contribution in [3.8, 4) is 0 Å². The molecule has 0 radical (unpaired) electrons. The number of sulfonamides is 1. The summed E-state index contributed by atoms with van der Waals surface area (Å²) in [6.07, 6.45) is 2.07. The normalized spacial score (nSPS) is 25.9. The van der Waals surface area contributed by atoms with Gasteiger partial charge in [0.2, 0.25) is 10.0 Å². The first kappa shape index (κ1) is 19.6. The minimum atomic E-state index is -3.72.